The molecule has 0 radical (unpaired) electrons. The molecule has 4 aliphatic rings. The van der Waals surface area contributed by atoms with E-state index in [0.717, 1.165) is 18.4 Å². The van der Waals surface area contributed by atoms with Crippen LogP contribution in [-0.4, -0.2) is 70.8 Å². The maximum atomic E-state index is 13.5. The van der Waals surface area contributed by atoms with Gasteiger partial charge in [0.2, 0.25) is 0 Å². The SMILES string of the molecule is CC1(C)CN(C[C@@H](O)[C@@H]2Cc3ccccc3CN2)C(=O)c2ccc(C(=O)N3CCC4(CC(=O)C4)C3)cc21.Cl. The highest BCUT2D eigenvalue weighted by molar-refractivity contribution is 6.00. The number of nitrogens with one attached hydrogen (secondary N) is 1. The second-order valence-corrected chi connectivity index (χ2v) is 12.2. The second kappa shape index (κ2) is 9.78. The first-order chi connectivity index (χ1) is 17.6. The van der Waals surface area contributed by atoms with E-state index in [1.165, 1.54) is 11.1 Å². The topological polar surface area (TPSA) is 89.9 Å². The molecule has 2 N–H and O–H groups in total. The molecule has 8 heteroatoms. The quantitative estimate of drug-likeness (QED) is 0.625. The molecule has 3 aliphatic heterocycles. The van der Waals surface area contributed by atoms with Crippen molar-refractivity contribution >= 4 is 30.0 Å². The smallest absolute Gasteiger partial charge is 0.254 e. The number of hydrogen-bond donors (Lipinski definition) is 2. The molecule has 1 saturated heterocycles. The molecule has 6 rings (SSSR count). The number of ketones is 1. The predicted molar refractivity (Wildman–Crippen MR) is 147 cm³/mol. The number of Topliss-reactive ketones (excluding diaryl/α,β-unsaturated/α-hetero) is 1. The third-order valence-corrected chi connectivity index (χ3v) is 8.95. The van der Waals surface area contributed by atoms with Gasteiger partial charge in [0.1, 0.15) is 5.78 Å². The van der Waals surface area contributed by atoms with Crippen LogP contribution in [0.5, 0.6) is 0 Å². The molecule has 2 amide bonds. The van der Waals surface area contributed by atoms with E-state index in [2.05, 4.69) is 31.3 Å². The Morgan fingerprint density at radius 3 is 2.58 bits per heavy atom. The van der Waals surface area contributed by atoms with Crippen LogP contribution >= 0.6 is 12.4 Å². The van der Waals surface area contributed by atoms with Gasteiger partial charge in [-0.05, 0) is 47.7 Å². The fourth-order valence-electron chi connectivity index (χ4n) is 6.84. The van der Waals surface area contributed by atoms with Gasteiger partial charge in [-0.1, -0.05) is 38.1 Å². The monoisotopic (exact) mass is 537 g/mol. The van der Waals surface area contributed by atoms with Crippen LogP contribution in [0.25, 0.3) is 0 Å². The number of fused-ring (bicyclic) bond motifs is 2. The van der Waals surface area contributed by atoms with Crippen LogP contribution < -0.4 is 5.32 Å². The van der Waals surface area contributed by atoms with Gasteiger partial charge in [-0.25, -0.2) is 0 Å². The summed E-state index contributed by atoms with van der Waals surface area (Å²) >= 11 is 0. The highest BCUT2D eigenvalue weighted by Crippen LogP contribution is 2.46. The number of aliphatic hydroxyl groups is 1. The third-order valence-electron chi connectivity index (χ3n) is 8.95. The minimum absolute atomic E-state index is 0. The van der Waals surface area contributed by atoms with Crippen LogP contribution in [0.3, 0.4) is 0 Å². The average molecular weight is 538 g/mol. The Morgan fingerprint density at radius 2 is 1.84 bits per heavy atom. The summed E-state index contributed by atoms with van der Waals surface area (Å²) in [6, 6.07) is 13.6. The van der Waals surface area contributed by atoms with Crippen LogP contribution in [0.1, 0.15) is 70.5 Å². The normalized spacial score (nSPS) is 23.8. The lowest BCUT2D eigenvalue weighted by atomic mass is 9.67. The zero-order valence-electron chi connectivity index (χ0n) is 22.0. The molecule has 2 atom stereocenters. The molecule has 3 heterocycles. The fourth-order valence-corrected chi connectivity index (χ4v) is 6.84. The van der Waals surface area contributed by atoms with Gasteiger partial charge in [-0.3, -0.25) is 14.4 Å². The summed E-state index contributed by atoms with van der Waals surface area (Å²) in [6.45, 7) is 6.95. The van der Waals surface area contributed by atoms with Gasteiger partial charge in [-0.15, -0.1) is 12.4 Å². The molecule has 1 spiro atoms. The molecule has 7 nitrogen and oxygen atoms in total. The van der Waals surface area contributed by atoms with E-state index >= 15 is 0 Å². The van der Waals surface area contributed by atoms with Crippen molar-refractivity contribution in [2.45, 2.75) is 63.6 Å². The molecule has 2 fully saturated rings. The third kappa shape index (κ3) is 4.65. The van der Waals surface area contributed by atoms with Gasteiger partial charge in [0.05, 0.1) is 6.10 Å². The van der Waals surface area contributed by atoms with Crippen LogP contribution in [0.4, 0.5) is 0 Å². The molecular formula is C30H36ClN3O4. The molecule has 2 aromatic carbocycles. The largest absolute Gasteiger partial charge is 0.390 e. The second-order valence-electron chi connectivity index (χ2n) is 12.2. The first-order valence-corrected chi connectivity index (χ1v) is 13.4. The highest BCUT2D eigenvalue weighted by atomic mass is 35.5. The van der Waals surface area contributed by atoms with Crippen molar-refractivity contribution in [1.29, 1.82) is 0 Å². The number of halogens is 1. The van der Waals surface area contributed by atoms with E-state index in [0.29, 0.717) is 55.9 Å². The van der Waals surface area contributed by atoms with Gasteiger partial charge in [0.25, 0.3) is 11.8 Å². The number of β-amino-alcohol motifs (C(OH)–C–C–N with tert-alkyl or cyclic N) is 1. The Hall–Kier alpha value is -2.74. The summed E-state index contributed by atoms with van der Waals surface area (Å²) in [7, 11) is 0. The number of hydrogen-bond acceptors (Lipinski definition) is 5. The summed E-state index contributed by atoms with van der Waals surface area (Å²) in [4.78, 5) is 42.0. The standard InChI is InChI=1S/C30H35N3O4.ClH/c1-29(2)17-33(16-26(35)25-12-19-5-3-4-6-21(19)15-31-25)28(37)23-8-7-20(11-24(23)29)27(36)32-10-9-30(18-32)13-22(34)14-30;/h3-8,11,25-26,31,35H,9-10,12-18H2,1-2H3;1H/t25-,26+;/m0./s1. The zero-order valence-corrected chi connectivity index (χ0v) is 22.9. The first kappa shape index (κ1) is 26.9. The van der Waals surface area contributed by atoms with Crippen molar-refractivity contribution in [2.75, 3.05) is 26.2 Å². The van der Waals surface area contributed by atoms with Crippen LogP contribution in [-0.2, 0) is 23.2 Å². The molecule has 0 aromatic heterocycles. The number of carbonyl (C=O) groups excluding carboxylic acids is 3. The van der Waals surface area contributed by atoms with E-state index in [4.69, 9.17) is 0 Å². The summed E-state index contributed by atoms with van der Waals surface area (Å²) in [5.41, 5.74) is 4.21. The van der Waals surface area contributed by atoms with Crippen LogP contribution in [0.15, 0.2) is 42.5 Å². The number of aliphatic hydroxyl groups excluding tert-OH is 1. The first-order valence-electron chi connectivity index (χ1n) is 13.4. The average Bonchev–Trinajstić information content (AvgIpc) is 3.31. The van der Waals surface area contributed by atoms with Crippen molar-refractivity contribution in [1.82, 2.24) is 15.1 Å². The molecule has 202 valence electrons. The van der Waals surface area contributed by atoms with E-state index in [1.54, 1.807) is 17.0 Å². The molecule has 2 aromatic rings. The number of carbonyl (C=O) groups is 3. The van der Waals surface area contributed by atoms with Gasteiger partial charge >= 0.3 is 0 Å². The Morgan fingerprint density at radius 1 is 1.11 bits per heavy atom. The Balaban J connectivity index is 0.00000294. The number of amides is 2. The zero-order chi connectivity index (χ0) is 25.9. The Kier molecular flexibility index (Phi) is 6.91. The lowest BCUT2D eigenvalue weighted by Gasteiger charge is -2.41. The maximum absolute atomic E-state index is 13.5. The van der Waals surface area contributed by atoms with Gasteiger partial charge in [-0.2, -0.15) is 0 Å². The van der Waals surface area contributed by atoms with E-state index < -0.39 is 6.10 Å². The van der Waals surface area contributed by atoms with Crippen LogP contribution in [0, 0.1) is 5.41 Å². The number of benzene rings is 2. The summed E-state index contributed by atoms with van der Waals surface area (Å²) in [5.74, 6) is 0.169. The summed E-state index contributed by atoms with van der Waals surface area (Å²) in [6.07, 6.45) is 2.12. The molecule has 0 unspecified atom stereocenters. The van der Waals surface area contributed by atoms with Gasteiger partial charge < -0.3 is 20.2 Å². The van der Waals surface area contributed by atoms with Crippen LogP contribution in [0.2, 0.25) is 0 Å². The number of nitrogens with zero attached hydrogens (tertiary/aromatic N) is 2. The van der Waals surface area contributed by atoms with Gasteiger partial charge in [0.15, 0.2) is 0 Å². The molecule has 1 aliphatic carbocycles. The van der Waals surface area contributed by atoms with E-state index in [1.807, 2.05) is 23.1 Å². The molecule has 0 bridgehead atoms. The molecule has 38 heavy (non-hydrogen) atoms. The summed E-state index contributed by atoms with van der Waals surface area (Å²) in [5, 5.41) is 14.5. The van der Waals surface area contributed by atoms with E-state index in [-0.39, 0.29) is 47.6 Å². The van der Waals surface area contributed by atoms with Gasteiger partial charge in [0, 0.05) is 73.6 Å². The summed E-state index contributed by atoms with van der Waals surface area (Å²) < 4.78 is 0. The van der Waals surface area contributed by atoms with E-state index in [9.17, 15) is 19.5 Å². The van der Waals surface area contributed by atoms with Crippen molar-refractivity contribution < 1.29 is 19.5 Å². The number of rotatable bonds is 4. The fraction of sp³-hybridized carbons (Fsp3) is 0.500. The van der Waals surface area contributed by atoms with Crippen molar-refractivity contribution in [2.24, 2.45) is 5.41 Å². The maximum Gasteiger partial charge on any atom is 0.254 e. The minimum atomic E-state index is -0.684. The van der Waals surface area contributed by atoms with Crippen molar-refractivity contribution in [3.63, 3.8) is 0 Å². The highest BCUT2D eigenvalue weighted by Gasteiger charge is 2.49. The molecular weight excluding hydrogens is 502 g/mol. The Labute approximate surface area is 230 Å². The Bertz CT molecular complexity index is 1280. The lowest BCUT2D eigenvalue weighted by Crippen LogP contribution is -2.54. The van der Waals surface area contributed by atoms with Crippen molar-refractivity contribution in [3.8, 4) is 0 Å². The molecule has 1 saturated carbocycles. The van der Waals surface area contributed by atoms with Crippen molar-refractivity contribution in [3.05, 3.63) is 70.3 Å². The number of likely N-dealkylation sites (tertiary alicyclic amines) is 1. The predicted octanol–water partition coefficient (Wildman–Crippen LogP) is 3.11. The minimum Gasteiger partial charge on any atom is -0.390 e. The lowest BCUT2D eigenvalue weighted by molar-refractivity contribution is -0.131.